The van der Waals surface area contributed by atoms with E-state index < -0.39 is 11.9 Å². The molecule has 1 aliphatic rings. The van der Waals surface area contributed by atoms with E-state index in [0.29, 0.717) is 42.6 Å². The standard InChI is InChI=1S/C15H14F3N3O2S/c1-9(22)12-14(21-4-6-23-7-5-21)24-13(20-12)10-2-3-11(19-8-10)15(16,17)18/h2-3,8H,4-7H2,1H3. The summed E-state index contributed by atoms with van der Waals surface area (Å²) in [4.78, 5) is 21.6. The minimum atomic E-state index is -4.48. The van der Waals surface area contributed by atoms with Crippen LogP contribution in [0.4, 0.5) is 18.2 Å². The van der Waals surface area contributed by atoms with E-state index in [4.69, 9.17) is 4.74 Å². The van der Waals surface area contributed by atoms with Crippen LogP contribution >= 0.6 is 11.3 Å². The Labute approximate surface area is 140 Å². The third kappa shape index (κ3) is 3.41. The van der Waals surface area contributed by atoms with E-state index in [-0.39, 0.29) is 5.78 Å². The van der Waals surface area contributed by atoms with E-state index in [1.807, 2.05) is 4.90 Å². The molecular weight excluding hydrogens is 343 g/mol. The van der Waals surface area contributed by atoms with Crippen molar-refractivity contribution in [3.63, 3.8) is 0 Å². The maximum Gasteiger partial charge on any atom is 0.433 e. The molecule has 1 fully saturated rings. The largest absolute Gasteiger partial charge is 0.433 e. The van der Waals surface area contributed by atoms with Gasteiger partial charge >= 0.3 is 6.18 Å². The number of rotatable bonds is 3. The number of carbonyl (C=O) groups is 1. The molecular formula is C15H14F3N3O2S. The molecule has 1 aliphatic heterocycles. The fourth-order valence-corrected chi connectivity index (χ4v) is 3.49. The van der Waals surface area contributed by atoms with Gasteiger partial charge in [-0.05, 0) is 12.1 Å². The van der Waals surface area contributed by atoms with Gasteiger partial charge in [0.05, 0.1) is 13.2 Å². The van der Waals surface area contributed by atoms with Gasteiger partial charge < -0.3 is 9.64 Å². The topological polar surface area (TPSA) is 55.3 Å². The molecule has 0 saturated carbocycles. The summed E-state index contributed by atoms with van der Waals surface area (Å²) in [5.41, 5.74) is -0.171. The normalized spacial score (nSPS) is 15.6. The van der Waals surface area contributed by atoms with Gasteiger partial charge in [-0.1, -0.05) is 11.3 Å². The van der Waals surface area contributed by atoms with Crippen molar-refractivity contribution < 1.29 is 22.7 Å². The molecule has 0 unspecified atom stereocenters. The number of hydrogen-bond donors (Lipinski definition) is 0. The molecule has 2 aromatic rings. The first-order chi connectivity index (χ1) is 11.4. The van der Waals surface area contributed by atoms with Crippen LogP contribution in [0.1, 0.15) is 23.1 Å². The van der Waals surface area contributed by atoms with Crippen LogP contribution in [0.15, 0.2) is 18.3 Å². The van der Waals surface area contributed by atoms with Gasteiger partial charge in [-0.25, -0.2) is 4.98 Å². The van der Waals surface area contributed by atoms with E-state index in [0.717, 1.165) is 17.3 Å². The molecule has 0 amide bonds. The third-order valence-corrected chi connectivity index (χ3v) is 4.71. The van der Waals surface area contributed by atoms with Crippen molar-refractivity contribution in [1.82, 2.24) is 9.97 Å². The van der Waals surface area contributed by atoms with Crippen molar-refractivity contribution in [1.29, 1.82) is 0 Å². The third-order valence-electron chi connectivity index (χ3n) is 3.54. The molecule has 0 spiro atoms. The molecule has 24 heavy (non-hydrogen) atoms. The van der Waals surface area contributed by atoms with E-state index in [1.165, 1.54) is 24.3 Å². The van der Waals surface area contributed by atoms with Crippen LogP contribution in [0.5, 0.6) is 0 Å². The molecule has 0 N–H and O–H groups in total. The van der Waals surface area contributed by atoms with Crippen LogP contribution < -0.4 is 4.90 Å². The van der Waals surface area contributed by atoms with Gasteiger partial charge in [0, 0.05) is 31.8 Å². The number of Topliss-reactive ketones (excluding diaryl/α,β-unsaturated/α-hetero) is 1. The second-order valence-electron chi connectivity index (χ2n) is 5.26. The van der Waals surface area contributed by atoms with E-state index in [1.54, 1.807) is 0 Å². The highest BCUT2D eigenvalue weighted by molar-refractivity contribution is 7.19. The predicted octanol–water partition coefficient (Wildman–Crippen LogP) is 3.26. The first kappa shape index (κ1) is 16.8. The smallest absolute Gasteiger partial charge is 0.378 e. The number of hydrogen-bond acceptors (Lipinski definition) is 6. The summed E-state index contributed by atoms with van der Waals surface area (Å²) >= 11 is 1.28. The maximum absolute atomic E-state index is 12.6. The Bertz CT molecular complexity index is 737. The number of morpholine rings is 1. The van der Waals surface area contributed by atoms with E-state index in [9.17, 15) is 18.0 Å². The van der Waals surface area contributed by atoms with Crippen LogP contribution in [0.3, 0.4) is 0 Å². The summed E-state index contributed by atoms with van der Waals surface area (Å²) in [6.07, 6.45) is -3.35. The average molecular weight is 357 g/mol. The molecule has 0 radical (unpaired) electrons. The Morgan fingerprint density at radius 1 is 1.29 bits per heavy atom. The zero-order valence-electron chi connectivity index (χ0n) is 12.8. The number of aromatic nitrogens is 2. The highest BCUT2D eigenvalue weighted by Crippen LogP contribution is 2.36. The fraction of sp³-hybridized carbons (Fsp3) is 0.400. The lowest BCUT2D eigenvalue weighted by Crippen LogP contribution is -2.36. The van der Waals surface area contributed by atoms with Gasteiger partial charge in [-0.2, -0.15) is 13.2 Å². The van der Waals surface area contributed by atoms with Gasteiger partial charge in [0.25, 0.3) is 0 Å². The first-order valence-electron chi connectivity index (χ1n) is 7.24. The SMILES string of the molecule is CC(=O)c1nc(-c2ccc(C(F)(F)F)nc2)sc1N1CCOCC1. The molecule has 128 valence electrons. The second kappa shape index (κ2) is 6.48. The Kier molecular flexibility index (Phi) is 4.55. The van der Waals surface area contributed by atoms with Crippen LogP contribution in [-0.2, 0) is 10.9 Å². The van der Waals surface area contributed by atoms with Crippen molar-refractivity contribution in [2.75, 3.05) is 31.2 Å². The summed E-state index contributed by atoms with van der Waals surface area (Å²) in [5.74, 6) is -0.182. The zero-order chi connectivity index (χ0) is 17.3. The number of carbonyl (C=O) groups excluding carboxylic acids is 1. The first-order valence-corrected chi connectivity index (χ1v) is 8.06. The van der Waals surface area contributed by atoms with Gasteiger partial charge in [0.2, 0.25) is 0 Å². The molecule has 5 nitrogen and oxygen atoms in total. The van der Waals surface area contributed by atoms with Crippen molar-refractivity contribution >= 4 is 22.1 Å². The molecule has 0 aliphatic carbocycles. The fourth-order valence-electron chi connectivity index (χ4n) is 2.33. The van der Waals surface area contributed by atoms with Crippen LogP contribution in [0.2, 0.25) is 0 Å². The number of nitrogens with zero attached hydrogens (tertiary/aromatic N) is 3. The van der Waals surface area contributed by atoms with Crippen LogP contribution in [-0.4, -0.2) is 42.1 Å². The minimum absolute atomic E-state index is 0.182. The summed E-state index contributed by atoms with van der Waals surface area (Å²) in [7, 11) is 0. The quantitative estimate of drug-likeness (QED) is 0.789. The number of thiazole rings is 1. The maximum atomic E-state index is 12.6. The van der Waals surface area contributed by atoms with Gasteiger partial charge in [0.1, 0.15) is 21.4 Å². The lowest BCUT2D eigenvalue weighted by molar-refractivity contribution is -0.141. The number of alkyl halides is 3. The van der Waals surface area contributed by atoms with Crippen LogP contribution in [0, 0.1) is 0 Å². The molecule has 2 aromatic heterocycles. The Morgan fingerprint density at radius 3 is 2.54 bits per heavy atom. The highest BCUT2D eigenvalue weighted by atomic mass is 32.1. The van der Waals surface area contributed by atoms with E-state index in [2.05, 4.69) is 9.97 Å². The summed E-state index contributed by atoms with van der Waals surface area (Å²) in [6.45, 7) is 3.84. The minimum Gasteiger partial charge on any atom is -0.378 e. The van der Waals surface area contributed by atoms with Crippen molar-refractivity contribution in [3.8, 4) is 10.6 Å². The summed E-state index contributed by atoms with van der Waals surface area (Å²) < 4.78 is 43.1. The molecule has 0 atom stereocenters. The average Bonchev–Trinajstić information content (AvgIpc) is 3.00. The second-order valence-corrected chi connectivity index (χ2v) is 6.24. The zero-order valence-corrected chi connectivity index (χ0v) is 13.6. The van der Waals surface area contributed by atoms with Crippen LogP contribution in [0.25, 0.3) is 10.6 Å². The van der Waals surface area contributed by atoms with Gasteiger partial charge in [-0.3, -0.25) is 9.78 Å². The summed E-state index contributed by atoms with van der Waals surface area (Å²) in [6, 6.07) is 2.24. The Balaban J connectivity index is 1.95. The number of ether oxygens (including phenoxy) is 1. The Hall–Kier alpha value is -2.00. The van der Waals surface area contributed by atoms with E-state index >= 15 is 0 Å². The molecule has 0 aromatic carbocycles. The number of ketones is 1. The lowest BCUT2D eigenvalue weighted by Gasteiger charge is -2.27. The lowest BCUT2D eigenvalue weighted by atomic mass is 10.2. The Morgan fingerprint density at radius 2 is 2.00 bits per heavy atom. The van der Waals surface area contributed by atoms with Gasteiger partial charge in [0.15, 0.2) is 5.78 Å². The molecule has 3 heterocycles. The monoisotopic (exact) mass is 357 g/mol. The highest BCUT2D eigenvalue weighted by Gasteiger charge is 2.32. The molecule has 0 bridgehead atoms. The molecule has 3 rings (SSSR count). The van der Waals surface area contributed by atoms with Crippen molar-refractivity contribution in [2.45, 2.75) is 13.1 Å². The molecule has 9 heteroatoms. The van der Waals surface area contributed by atoms with Crippen molar-refractivity contribution in [3.05, 3.63) is 29.7 Å². The van der Waals surface area contributed by atoms with Gasteiger partial charge in [-0.15, -0.1) is 0 Å². The number of halogens is 3. The summed E-state index contributed by atoms with van der Waals surface area (Å²) in [5, 5.41) is 1.20. The van der Waals surface area contributed by atoms with Crippen molar-refractivity contribution in [2.24, 2.45) is 0 Å². The predicted molar refractivity (Wildman–Crippen MR) is 83.4 cm³/mol. The molecule has 1 saturated heterocycles. The number of anilines is 1. The number of pyridine rings is 1.